The van der Waals surface area contributed by atoms with Crippen LogP contribution in [0.25, 0.3) is 20.2 Å². The Balaban J connectivity index is 1.09. The summed E-state index contributed by atoms with van der Waals surface area (Å²) in [4.78, 5) is 35.2. The Morgan fingerprint density at radius 3 is 1.76 bits per heavy atom. The first-order valence-corrected chi connectivity index (χ1v) is 18.5. The summed E-state index contributed by atoms with van der Waals surface area (Å²) < 4.78 is 8.86. The lowest BCUT2D eigenvalue weighted by molar-refractivity contribution is -0.204. The second kappa shape index (κ2) is 9.85. The van der Waals surface area contributed by atoms with Gasteiger partial charge in [-0.25, -0.2) is 0 Å². The van der Waals surface area contributed by atoms with Gasteiger partial charge in [-0.15, -0.1) is 45.9 Å². The number of anilines is 2. The van der Waals surface area contributed by atoms with Crippen LogP contribution in [0.5, 0.6) is 5.75 Å². The zero-order valence-electron chi connectivity index (χ0n) is 26.6. The quantitative estimate of drug-likeness (QED) is 0.197. The molecule has 5 nitrogen and oxygen atoms in total. The van der Waals surface area contributed by atoms with Gasteiger partial charge >= 0.3 is 0 Å². The number of amides is 2. The maximum Gasteiger partial charge on any atom is 0.233 e. The van der Waals surface area contributed by atoms with Crippen LogP contribution in [0.4, 0.5) is 11.4 Å². The second-order valence-electron chi connectivity index (χ2n) is 15.0. The number of aryl methyl sites for hydroxylation is 3. The number of ether oxygens (including phenoxy) is 1. The van der Waals surface area contributed by atoms with Crippen molar-refractivity contribution in [2.75, 3.05) is 34.6 Å². The van der Waals surface area contributed by atoms with Crippen LogP contribution in [0.2, 0.25) is 0 Å². The number of carbonyl (C=O) groups is 2. The molecule has 0 saturated heterocycles. The minimum Gasteiger partial charge on any atom is -0.487 e. The van der Waals surface area contributed by atoms with E-state index in [1.165, 1.54) is 31.0 Å². The van der Waals surface area contributed by atoms with E-state index in [9.17, 15) is 9.59 Å². The molecule has 0 N–H and O–H groups in total. The van der Waals surface area contributed by atoms with Crippen molar-refractivity contribution in [1.82, 2.24) is 0 Å². The molecule has 0 spiro atoms. The maximum atomic E-state index is 14.4. The minimum atomic E-state index is -0.489. The first-order chi connectivity index (χ1) is 21.3. The van der Waals surface area contributed by atoms with Crippen molar-refractivity contribution in [3.05, 3.63) is 50.7 Å². The molecule has 2 amide bonds. The number of fused-ring (bicyclic) bond motifs is 6. The summed E-state index contributed by atoms with van der Waals surface area (Å²) in [6.07, 6.45) is 1.82. The van der Waals surface area contributed by atoms with E-state index in [1.54, 1.807) is 11.3 Å². The maximum absolute atomic E-state index is 14.4. The Morgan fingerprint density at radius 1 is 0.800 bits per heavy atom. The van der Waals surface area contributed by atoms with Crippen LogP contribution in [0.1, 0.15) is 78.3 Å². The van der Waals surface area contributed by atoms with Gasteiger partial charge in [0.2, 0.25) is 11.8 Å². The highest BCUT2D eigenvalue weighted by Crippen LogP contribution is 2.75. The van der Waals surface area contributed by atoms with Gasteiger partial charge in [0.15, 0.2) is 0 Å². The molecular weight excluding hydrogens is 643 g/mol. The van der Waals surface area contributed by atoms with Gasteiger partial charge in [0, 0.05) is 68.3 Å². The molecule has 0 radical (unpaired) electrons. The molecule has 0 unspecified atom stereocenters. The molecule has 236 valence electrons. The molecule has 4 aromatic rings. The summed E-state index contributed by atoms with van der Waals surface area (Å²) in [5.41, 5.74) is 4.17. The van der Waals surface area contributed by atoms with Gasteiger partial charge in [0.1, 0.15) is 11.4 Å². The Morgan fingerprint density at radius 2 is 1.27 bits per heavy atom. The number of nitrogens with zero attached hydrogens (tertiary/aromatic N) is 2. The fourth-order valence-corrected chi connectivity index (χ4v) is 11.3. The topological polar surface area (TPSA) is 49.9 Å². The van der Waals surface area contributed by atoms with E-state index < -0.39 is 10.8 Å². The van der Waals surface area contributed by atoms with Crippen molar-refractivity contribution in [2.24, 2.45) is 10.8 Å². The van der Waals surface area contributed by atoms with Crippen LogP contribution >= 0.6 is 45.9 Å². The molecule has 9 heteroatoms. The number of carbonyl (C=O) groups excluding carboxylic acids is 2. The Hall–Kier alpha value is -2.32. The normalized spacial score (nSPS) is 26.7. The summed E-state index contributed by atoms with van der Waals surface area (Å²) >= 11 is 16.6. The largest absolute Gasteiger partial charge is 0.487 e. The minimum absolute atomic E-state index is 0.0585. The molecule has 2 atom stereocenters. The van der Waals surface area contributed by atoms with Gasteiger partial charge in [-0.2, -0.15) is 0 Å². The number of hydrogen-bond acceptors (Lipinski definition) is 5. The number of benzene rings is 2. The van der Waals surface area contributed by atoms with Crippen LogP contribution < -0.4 is 14.5 Å². The molecule has 2 bridgehead atoms. The van der Waals surface area contributed by atoms with Crippen molar-refractivity contribution < 1.29 is 14.3 Å². The average molecular weight is 682 g/mol. The third-order valence-electron chi connectivity index (χ3n) is 10.5. The average Bonchev–Trinajstić information content (AvgIpc) is 3.68. The monoisotopic (exact) mass is 680 g/mol. The number of alkyl halides is 2. The lowest BCUT2D eigenvalue weighted by Crippen LogP contribution is -2.73. The molecule has 5 aliphatic rings. The lowest BCUT2D eigenvalue weighted by Gasteiger charge is -2.69. The molecule has 2 aliphatic heterocycles. The molecule has 45 heavy (non-hydrogen) atoms. The summed E-state index contributed by atoms with van der Waals surface area (Å²) in [6.45, 7) is 13.7. The second-order valence-corrected chi connectivity index (χ2v) is 18.1. The Kier molecular flexibility index (Phi) is 6.58. The van der Waals surface area contributed by atoms with Gasteiger partial charge in [-0.05, 0) is 101 Å². The van der Waals surface area contributed by atoms with Gasteiger partial charge < -0.3 is 14.5 Å². The molecule has 4 heterocycles. The molecule has 3 fully saturated rings. The standard InChI is InChI=1S/C36H38Cl2N2O3S2/c1-18-7-25-28(23-8-19(2)44-30(18)23)21(11-37)13-39(25)32(41)35-15-36(16-35,17-35)33(42)40-14-22(12-38)29-24-9-20(3)45-31(24)27(10-26(29)40)43-34(4,5)6/h7-10,21-22H,11-17H2,1-6H3/t21-,22-,35?,36?/m1/s1. The predicted octanol–water partition coefficient (Wildman–Crippen LogP) is 9.43. The van der Waals surface area contributed by atoms with E-state index in [1.807, 2.05) is 21.1 Å². The first-order valence-electron chi connectivity index (χ1n) is 15.8. The van der Waals surface area contributed by atoms with E-state index in [-0.39, 0.29) is 29.3 Å². The van der Waals surface area contributed by atoms with Crippen molar-refractivity contribution in [3.63, 3.8) is 0 Å². The SMILES string of the molecule is Cc1cc2c3c(cc(C)c2s1)N(C(=O)C12CC(C(=O)N4C[C@@H](CCl)c5c4cc(OC(C)(C)C)c4sc(C)cc54)(C1)C2)C[C@H]3CCl. The summed E-state index contributed by atoms with van der Waals surface area (Å²) in [5, 5.41) is 2.38. The first kappa shape index (κ1) is 30.0. The Bertz CT molecular complexity index is 1930. The van der Waals surface area contributed by atoms with Gasteiger partial charge in [-0.3, -0.25) is 9.59 Å². The summed E-state index contributed by atoms with van der Waals surface area (Å²) in [7, 11) is 0. The molecule has 2 aromatic heterocycles. The summed E-state index contributed by atoms with van der Waals surface area (Å²) in [5.74, 6) is 2.21. The number of rotatable bonds is 5. The van der Waals surface area contributed by atoms with Crippen LogP contribution in [0.3, 0.4) is 0 Å². The summed E-state index contributed by atoms with van der Waals surface area (Å²) in [6, 6.07) is 8.71. The van der Waals surface area contributed by atoms with E-state index in [4.69, 9.17) is 27.9 Å². The van der Waals surface area contributed by atoms with Crippen LogP contribution in [0.15, 0.2) is 24.3 Å². The molecule has 3 saturated carbocycles. The van der Waals surface area contributed by atoms with Crippen LogP contribution in [-0.4, -0.2) is 42.3 Å². The highest BCUT2D eigenvalue weighted by molar-refractivity contribution is 7.19. The van der Waals surface area contributed by atoms with E-state index in [0.717, 1.165) is 32.8 Å². The number of thiophene rings is 2. The molecular formula is C36H38Cl2N2O3S2. The predicted molar refractivity (Wildman–Crippen MR) is 189 cm³/mol. The molecule has 2 aromatic carbocycles. The lowest BCUT2D eigenvalue weighted by atomic mass is 9.34. The highest BCUT2D eigenvalue weighted by atomic mass is 35.5. The van der Waals surface area contributed by atoms with E-state index in [0.29, 0.717) is 44.1 Å². The van der Waals surface area contributed by atoms with Gasteiger partial charge in [0.05, 0.1) is 21.2 Å². The van der Waals surface area contributed by atoms with Crippen molar-refractivity contribution in [1.29, 1.82) is 0 Å². The zero-order chi connectivity index (χ0) is 31.8. The van der Waals surface area contributed by atoms with Crippen LogP contribution in [-0.2, 0) is 9.59 Å². The third-order valence-corrected chi connectivity index (χ3v) is 13.5. The third kappa shape index (κ3) is 4.22. The smallest absolute Gasteiger partial charge is 0.233 e. The molecule has 9 rings (SSSR count). The van der Waals surface area contributed by atoms with E-state index in [2.05, 4.69) is 65.8 Å². The van der Waals surface area contributed by atoms with E-state index >= 15 is 0 Å². The fraction of sp³-hybridized carbons (Fsp3) is 0.500. The van der Waals surface area contributed by atoms with Gasteiger partial charge in [-0.1, -0.05) is 0 Å². The van der Waals surface area contributed by atoms with Crippen molar-refractivity contribution in [2.45, 2.75) is 78.2 Å². The van der Waals surface area contributed by atoms with Crippen molar-refractivity contribution in [3.8, 4) is 5.75 Å². The number of halogens is 2. The fourth-order valence-electron chi connectivity index (χ4n) is 8.78. The number of hydrogen-bond donors (Lipinski definition) is 0. The highest BCUT2D eigenvalue weighted by Gasteiger charge is 2.76. The van der Waals surface area contributed by atoms with Crippen LogP contribution in [0, 0.1) is 31.6 Å². The zero-order valence-corrected chi connectivity index (χ0v) is 29.8. The van der Waals surface area contributed by atoms with Crippen molar-refractivity contribution >= 4 is 89.2 Å². The molecule has 3 aliphatic carbocycles. The Labute approximate surface area is 282 Å². The van der Waals surface area contributed by atoms with Gasteiger partial charge in [0.25, 0.3) is 0 Å².